The predicted octanol–water partition coefficient (Wildman–Crippen LogP) is 6.75. The first kappa shape index (κ1) is 62.0. The quantitative estimate of drug-likeness (QED) is 0.0248. The first-order chi connectivity index (χ1) is 36.9. The van der Waals surface area contributed by atoms with Crippen LogP contribution < -0.4 is 37.5 Å². The van der Waals surface area contributed by atoms with Crippen molar-refractivity contribution in [1.29, 1.82) is 0 Å². The van der Waals surface area contributed by atoms with Crippen LogP contribution in [0, 0.1) is 29.1 Å². The van der Waals surface area contributed by atoms with Crippen molar-refractivity contribution in [3.63, 3.8) is 0 Å². The van der Waals surface area contributed by atoms with Crippen molar-refractivity contribution in [2.75, 3.05) is 25.5 Å². The maximum Gasteiger partial charge on any atom is 0.347 e. The van der Waals surface area contributed by atoms with E-state index in [1.165, 1.54) is 13.2 Å². The fraction of sp³-hybridized carbons (Fsp3) is 0.517. The Morgan fingerprint density at radius 2 is 1.59 bits per heavy atom. The summed E-state index contributed by atoms with van der Waals surface area (Å²) < 4.78 is 29.0. The van der Waals surface area contributed by atoms with Crippen LogP contribution in [0.3, 0.4) is 0 Å². The Labute approximate surface area is 461 Å². The smallest absolute Gasteiger partial charge is 0.347 e. The van der Waals surface area contributed by atoms with Gasteiger partial charge in [0.15, 0.2) is 11.9 Å². The van der Waals surface area contributed by atoms with E-state index in [9.17, 15) is 38.4 Å². The summed E-state index contributed by atoms with van der Waals surface area (Å²) in [5.74, 6) is -4.26. The monoisotopic (exact) mass is 1100 g/mol. The first-order valence-electron chi connectivity index (χ1n) is 26.5. The van der Waals surface area contributed by atoms with Gasteiger partial charge in [-0.05, 0) is 104 Å². The van der Waals surface area contributed by atoms with E-state index in [0.29, 0.717) is 46.8 Å². The van der Waals surface area contributed by atoms with Gasteiger partial charge in [-0.1, -0.05) is 94.8 Å². The van der Waals surface area contributed by atoms with Crippen LogP contribution in [-0.2, 0) is 72.0 Å². The molecule has 0 saturated carbocycles. The van der Waals surface area contributed by atoms with Gasteiger partial charge in [0.05, 0.1) is 29.7 Å². The Morgan fingerprint density at radius 3 is 2.23 bits per heavy atom. The number of carbonyl (C=O) groups is 8. The molecule has 0 bridgehead atoms. The largest absolute Gasteiger partial charge is 0.495 e. The summed E-state index contributed by atoms with van der Waals surface area (Å²) in [5.41, 5.74) is 13.6. The second kappa shape index (κ2) is 29.2. The lowest BCUT2D eigenvalue weighted by atomic mass is 9.90. The standard InChI is InChI=1S/C58H77ClN6O13/c1-33(2)27-47-55(71)76-45(12-9-13-48(67)65-43(29-38-18-24-46(74-8)42(59)28-38)54(70)63-32-58(6,7)56(72)77-47)35(5)51-52(78-51)39-20-14-36(15-21-39)19-25-49(68)75-31-37-16-22-41(23-17-37)64-53(69)40(11-10-26-62-57(61)73)30-44(66)50(60)34(3)4/h9,13-18,20-24,28,33-35,40,43,45,47,50-52H,10-12,19,25-27,29-32,60H2,1-8H3,(H,63,70)(H,64,69)(H,65,67)(H3,61,62,73)/b13-9+/t35-,40+,43+,45-,47-,50-,51+,52+/m0/s1. The minimum absolute atomic E-state index is 0.0172. The highest BCUT2D eigenvalue weighted by Gasteiger charge is 2.48. The second-order valence-electron chi connectivity index (χ2n) is 21.5. The number of benzene rings is 3. The van der Waals surface area contributed by atoms with Gasteiger partial charge < -0.3 is 56.4 Å². The lowest BCUT2D eigenvalue weighted by Crippen LogP contribution is -2.51. The van der Waals surface area contributed by atoms with Gasteiger partial charge >= 0.3 is 23.9 Å². The Balaban J connectivity index is 1.17. The third-order valence-corrected chi connectivity index (χ3v) is 14.1. The van der Waals surface area contributed by atoms with Gasteiger partial charge in [-0.2, -0.15) is 0 Å². The van der Waals surface area contributed by atoms with Crippen molar-refractivity contribution in [3.05, 3.63) is 106 Å². The summed E-state index contributed by atoms with van der Waals surface area (Å²) >= 11 is 6.38. The molecule has 5 rings (SSSR count). The van der Waals surface area contributed by atoms with E-state index in [0.717, 1.165) is 11.1 Å². The summed E-state index contributed by atoms with van der Waals surface area (Å²) in [6.07, 6.45) is 1.75. The molecule has 5 amide bonds. The third kappa shape index (κ3) is 19.3. The van der Waals surface area contributed by atoms with Gasteiger partial charge in [0.1, 0.15) is 30.6 Å². The normalized spacial score (nSPS) is 21.4. The number of methoxy groups -OCH3 is 1. The van der Waals surface area contributed by atoms with E-state index in [-0.39, 0.29) is 87.5 Å². The Morgan fingerprint density at radius 1 is 0.910 bits per heavy atom. The highest BCUT2D eigenvalue weighted by molar-refractivity contribution is 6.32. The highest BCUT2D eigenvalue weighted by Crippen LogP contribution is 2.45. The molecule has 0 unspecified atom stereocenters. The molecule has 2 aliphatic heterocycles. The van der Waals surface area contributed by atoms with E-state index >= 15 is 0 Å². The third-order valence-electron chi connectivity index (χ3n) is 13.8. The maximum absolute atomic E-state index is 13.9. The summed E-state index contributed by atoms with van der Waals surface area (Å²) in [4.78, 5) is 105. The number of amides is 5. The van der Waals surface area contributed by atoms with Gasteiger partial charge in [0.2, 0.25) is 17.7 Å². The van der Waals surface area contributed by atoms with Crippen molar-refractivity contribution in [3.8, 4) is 5.75 Å². The minimum Gasteiger partial charge on any atom is -0.495 e. The van der Waals surface area contributed by atoms with Gasteiger partial charge in [-0.3, -0.25) is 28.8 Å². The van der Waals surface area contributed by atoms with Crippen molar-refractivity contribution >= 4 is 64.7 Å². The van der Waals surface area contributed by atoms with E-state index in [2.05, 4.69) is 21.3 Å². The highest BCUT2D eigenvalue weighted by atomic mass is 35.5. The number of hydrogen-bond acceptors (Lipinski definition) is 14. The lowest BCUT2D eigenvalue weighted by molar-refractivity contribution is -0.179. The number of nitrogens with one attached hydrogen (secondary N) is 4. The minimum atomic E-state index is -1.27. The molecule has 20 heteroatoms. The number of aryl methyl sites for hydroxylation is 1. The van der Waals surface area contributed by atoms with Crippen LogP contribution in [-0.4, -0.2) is 98.0 Å². The van der Waals surface area contributed by atoms with Gasteiger partial charge in [0.25, 0.3) is 0 Å². The molecule has 0 spiro atoms. The molecule has 0 aliphatic carbocycles. The number of nitrogens with two attached hydrogens (primary N) is 2. The molecule has 424 valence electrons. The van der Waals surface area contributed by atoms with E-state index in [1.54, 1.807) is 62.4 Å². The molecule has 8 N–H and O–H groups in total. The molecule has 2 heterocycles. The molecule has 19 nitrogen and oxygen atoms in total. The van der Waals surface area contributed by atoms with Crippen LogP contribution >= 0.6 is 11.6 Å². The topological polar surface area (TPSA) is 286 Å². The number of halogens is 1. The summed E-state index contributed by atoms with van der Waals surface area (Å²) in [5, 5.41) is 11.2. The number of ketones is 1. The number of anilines is 1. The van der Waals surface area contributed by atoms with Crippen LogP contribution in [0.4, 0.5) is 10.5 Å². The average molecular weight is 1100 g/mol. The van der Waals surface area contributed by atoms with Crippen LogP contribution in [0.1, 0.15) is 115 Å². The van der Waals surface area contributed by atoms with Crippen LogP contribution in [0.2, 0.25) is 5.02 Å². The number of primary amides is 1. The number of cyclic esters (lactones) is 2. The fourth-order valence-electron chi connectivity index (χ4n) is 8.74. The maximum atomic E-state index is 13.9. The van der Waals surface area contributed by atoms with Crippen LogP contribution in [0.15, 0.2) is 78.9 Å². The van der Waals surface area contributed by atoms with E-state index < -0.39 is 77.3 Å². The number of rotatable bonds is 23. The Bertz CT molecular complexity index is 2610. The van der Waals surface area contributed by atoms with Crippen LogP contribution in [0.25, 0.3) is 0 Å². The molecule has 3 aromatic carbocycles. The second-order valence-corrected chi connectivity index (χ2v) is 21.9. The Hall–Kier alpha value is -6.83. The van der Waals surface area contributed by atoms with Gasteiger partial charge in [0, 0.05) is 56.3 Å². The molecule has 2 aliphatic rings. The zero-order chi connectivity index (χ0) is 57.3. The lowest BCUT2D eigenvalue weighted by Gasteiger charge is -2.29. The SMILES string of the molecule is COc1ccc(C[C@H]2NC(=O)/C=C/C[C@@H]([C@H](C)[C@H]3O[C@@H]3c3ccc(CCC(=O)OCc4ccc(NC(=O)[C@H](CCCNC(N)=O)CC(=O)[C@@H](N)C(C)C)cc4)cc3)OC(=O)[C@H](CC(C)C)OC(=O)C(C)(C)CNC2=O)cc1Cl. The molecule has 1 saturated heterocycles. The molecule has 3 aromatic rings. The molecule has 0 aromatic heterocycles. The predicted molar refractivity (Wildman–Crippen MR) is 293 cm³/mol. The number of hydrogen-bond donors (Lipinski definition) is 6. The van der Waals surface area contributed by atoms with Crippen molar-refractivity contribution in [2.24, 2.45) is 40.6 Å². The van der Waals surface area contributed by atoms with Crippen molar-refractivity contribution in [1.82, 2.24) is 16.0 Å². The van der Waals surface area contributed by atoms with Gasteiger partial charge in [-0.15, -0.1) is 0 Å². The summed E-state index contributed by atoms with van der Waals surface area (Å²) in [6, 6.07) is 17.1. The number of urea groups is 1. The first-order valence-corrected chi connectivity index (χ1v) is 26.9. The fourth-order valence-corrected chi connectivity index (χ4v) is 9.02. The van der Waals surface area contributed by atoms with E-state index in [1.807, 2.05) is 58.9 Å². The molecule has 1 fully saturated rings. The molecule has 0 radical (unpaired) electrons. The molecular formula is C58H77ClN6O13. The average Bonchev–Trinajstić information content (AvgIpc) is 4.21. The zero-order valence-corrected chi connectivity index (χ0v) is 46.7. The Kier molecular flexibility index (Phi) is 23.2. The van der Waals surface area contributed by atoms with Crippen molar-refractivity contribution in [2.45, 2.75) is 143 Å². The zero-order valence-electron chi connectivity index (χ0n) is 45.9. The number of epoxide rings is 1. The number of Topliss-reactive ketones (excluding diaryl/α,β-unsaturated/α-hetero) is 1. The number of esters is 3. The molecule has 8 atom stereocenters. The number of ether oxygens (including phenoxy) is 5. The number of carbonyl (C=O) groups excluding carboxylic acids is 8. The molecular weight excluding hydrogens is 1020 g/mol. The van der Waals surface area contributed by atoms with E-state index in [4.69, 9.17) is 46.8 Å². The summed E-state index contributed by atoms with van der Waals surface area (Å²) in [7, 11) is 1.49. The summed E-state index contributed by atoms with van der Waals surface area (Å²) in [6.45, 7) is 12.7. The van der Waals surface area contributed by atoms with Gasteiger partial charge in [-0.25, -0.2) is 9.59 Å². The molecule has 78 heavy (non-hydrogen) atoms. The van der Waals surface area contributed by atoms with Crippen LogP contribution in [0.5, 0.6) is 5.75 Å². The van der Waals surface area contributed by atoms with Crippen molar-refractivity contribution < 1.29 is 62.0 Å².